The van der Waals surface area contributed by atoms with Crippen molar-refractivity contribution in [2.75, 3.05) is 6.61 Å². The largest absolute Gasteiger partial charge is 0.482 e. The van der Waals surface area contributed by atoms with Crippen LogP contribution in [-0.4, -0.2) is 40.2 Å². The fraction of sp³-hybridized carbons (Fsp3) is 0.600. The quantitative estimate of drug-likeness (QED) is 0.658. The van der Waals surface area contributed by atoms with Gasteiger partial charge in [0.15, 0.2) is 6.61 Å². The monoisotopic (exact) mass is 466 g/mol. The van der Waals surface area contributed by atoms with Gasteiger partial charge < -0.3 is 9.84 Å². The standard InChI is InChI=1S/C20H23Cl2F3N2O3/c1-18(2,3)11-4-6-15-13(8-11)19(29,20(23,24)25)27(26-15)17(28)10-30-16-7-5-12(21)9-14(16)22/h5,7,9,11,13,29H,4,6,8,10H2,1-3H3/t11-,13+,19+/m1/s1. The molecule has 10 heteroatoms. The van der Waals surface area contributed by atoms with Gasteiger partial charge in [0, 0.05) is 10.7 Å². The van der Waals surface area contributed by atoms with Crippen molar-refractivity contribution in [3.63, 3.8) is 0 Å². The number of halogens is 5. The topological polar surface area (TPSA) is 62.1 Å². The molecule has 1 amide bonds. The maximum absolute atomic E-state index is 14.0. The van der Waals surface area contributed by atoms with Gasteiger partial charge in [-0.15, -0.1) is 0 Å². The summed E-state index contributed by atoms with van der Waals surface area (Å²) >= 11 is 11.8. The molecule has 0 bridgehead atoms. The summed E-state index contributed by atoms with van der Waals surface area (Å²) < 4.78 is 47.4. The molecule has 0 unspecified atom stereocenters. The van der Waals surface area contributed by atoms with Crippen LogP contribution < -0.4 is 4.74 Å². The molecule has 0 aromatic heterocycles. The molecule has 3 rings (SSSR count). The van der Waals surface area contributed by atoms with Gasteiger partial charge >= 0.3 is 6.18 Å². The number of rotatable bonds is 3. The van der Waals surface area contributed by atoms with E-state index in [9.17, 15) is 23.1 Å². The van der Waals surface area contributed by atoms with E-state index in [1.165, 1.54) is 18.2 Å². The molecule has 0 radical (unpaired) electrons. The number of amides is 1. The van der Waals surface area contributed by atoms with E-state index in [-0.39, 0.29) is 39.2 Å². The number of benzene rings is 1. The van der Waals surface area contributed by atoms with Crippen molar-refractivity contribution in [2.24, 2.45) is 22.4 Å². The lowest BCUT2D eigenvalue weighted by molar-refractivity contribution is -0.318. The molecular weight excluding hydrogens is 444 g/mol. The molecular formula is C20H23Cl2F3N2O3. The smallest absolute Gasteiger partial charge is 0.439 e. The number of aliphatic hydroxyl groups is 1. The first-order valence-electron chi connectivity index (χ1n) is 9.52. The van der Waals surface area contributed by atoms with Gasteiger partial charge in [-0.2, -0.15) is 23.3 Å². The SMILES string of the molecule is CC(C)(C)[C@@H]1CCC2=NN(C(=O)COc3ccc(Cl)cc3Cl)[C@@](O)(C(F)(F)F)[C@H]2C1. The van der Waals surface area contributed by atoms with Gasteiger partial charge in [-0.05, 0) is 48.8 Å². The van der Waals surface area contributed by atoms with Crippen molar-refractivity contribution < 1.29 is 27.8 Å². The fourth-order valence-electron chi connectivity index (χ4n) is 4.05. The van der Waals surface area contributed by atoms with Crippen molar-refractivity contribution >= 4 is 34.8 Å². The van der Waals surface area contributed by atoms with Crippen LogP contribution in [0.15, 0.2) is 23.3 Å². The Morgan fingerprint density at radius 1 is 1.33 bits per heavy atom. The summed E-state index contributed by atoms with van der Waals surface area (Å²) in [6.45, 7) is 5.09. The summed E-state index contributed by atoms with van der Waals surface area (Å²) in [6, 6.07) is 4.25. The molecule has 1 aliphatic heterocycles. The highest BCUT2D eigenvalue weighted by Gasteiger charge is 2.69. The zero-order chi connectivity index (χ0) is 22.5. The third-order valence-corrected chi connectivity index (χ3v) is 6.36. The van der Waals surface area contributed by atoms with Gasteiger partial charge in [0.25, 0.3) is 11.6 Å². The molecule has 1 aromatic carbocycles. The summed E-state index contributed by atoms with van der Waals surface area (Å²) in [5, 5.41) is 15.3. The van der Waals surface area contributed by atoms with Crippen LogP contribution in [0, 0.1) is 17.3 Å². The van der Waals surface area contributed by atoms with Gasteiger partial charge in [-0.3, -0.25) is 4.79 Å². The second-order valence-electron chi connectivity index (χ2n) is 8.77. The van der Waals surface area contributed by atoms with E-state index in [4.69, 9.17) is 27.9 Å². The van der Waals surface area contributed by atoms with Crippen molar-refractivity contribution in [1.82, 2.24) is 5.01 Å². The van der Waals surface area contributed by atoms with Crippen molar-refractivity contribution in [3.05, 3.63) is 28.2 Å². The Morgan fingerprint density at radius 3 is 2.57 bits per heavy atom. The molecule has 30 heavy (non-hydrogen) atoms. The Balaban J connectivity index is 1.84. The molecule has 1 aliphatic carbocycles. The summed E-state index contributed by atoms with van der Waals surface area (Å²) in [4.78, 5) is 12.6. The highest BCUT2D eigenvalue weighted by molar-refractivity contribution is 6.35. The summed E-state index contributed by atoms with van der Waals surface area (Å²) in [7, 11) is 0. The van der Waals surface area contributed by atoms with Crippen LogP contribution >= 0.6 is 23.2 Å². The lowest BCUT2D eigenvalue weighted by Crippen LogP contribution is -2.62. The van der Waals surface area contributed by atoms with E-state index in [0.29, 0.717) is 17.9 Å². The average molecular weight is 467 g/mol. The van der Waals surface area contributed by atoms with E-state index >= 15 is 0 Å². The van der Waals surface area contributed by atoms with Crippen molar-refractivity contribution in [2.45, 2.75) is 51.9 Å². The first kappa shape index (κ1) is 23.2. The van der Waals surface area contributed by atoms with Crippen LogP contribution in [-0.2, 0) is 4.79 Å². The summed E-state index contributed by atoms with van der Waals surface area (Å²) in [5.41, 5.74) is -3.45. The minimum absolute atomic E-state index is 0.0468. The van der Waals surface area contributed by atoms with E-state index in [0.717, 1.165) is 0 Å². The number of hydrogen-bond donors (Lipinski definition) is 1. The Bertz CT molecular complexity index is 870. The third-order valence-electron chi connectivity index (χ3n) is 5.83. The third kappa shape index (κ3) is 4.14. The Morgan fingerprint density at radius 2 is 2.00 bits per heavy atom. The zero-order valence-corrected chi connectivity index (χ0v) is 18.3. The van der Waals surface area contributed by atoms with Crippen LogP contribution in [0.4, 0.5) is 13.2 Å². The first-order valence-corrected chi connectivity index (χ1v) is 10.3. The minimum Gasteiger partial charge on any atom is -0.482 e. The molecule has 2 aliphatic rings. The van der Waals surface area contributed by atoms with E-state index in [1.54, 1.807) is 0 Å². The number of ether oxygens (including phenoxy) is 1. The number of nitrogens with zero attached hydrogens (tertiary/aromatic N) is 2. The number of hydrazone groups is 1. The van der Waals surface area contributed by atoms with Crippen molar-refractivity contribution in [3.8, 4) is 5.75 Å². The molecule has 1 N–H and O–H groups in total. The van der Waals surface area contributed by atoms with E-state index in [2.05, 4.69) is 5.10 Å². The predicted octanol–water partition coefficient (Wildman–Crippen LogP) is 5.28. The normalized spacial score (nSPS) is 27.0. The second kappa shape index (κ2) is 7.88. The highest BCUT2D eigenvalue weighted by atomic mass is 35.5. The molecule has 1 saturated carbocycles. The maximum Gasteiger partial charge on any atom is 0.439 e. The Labute approximate surface area is 182 Å². The summed E-state index contributed by atoms with van der Waals surface area (Å²) in [6.07, 6.45) is -4.06. The molecule has 5 nitrogen and oxygen atoms in total. The average Bonchev–Trinajstić information content (AvgIpc) is 2.93. The maximum atomic E-state index is 14.0. The van der Waals surface area contributed by atoms with Crippen LogP contribution in [0.5, 0.6) is 5.75 Å². The Kier molecular flexibility index (Phi) is 6.08. The minimum atomic E-state index is -5.09. The molecule has 0 spiro atoms. The van der Waals surface area contributed by atoms with Gasteiger partial charge in [0.05, 0.1) is 10.9 Å². The zero-order valence-electron chi connectivity index (χ0n) is 16.8. The predicted molar refractivity (Wildman–Crippen MR) is 108 cm³/mol. The molecule has 1 aromatic rings. The lowest BCUT2D eigenvalue weighted by atomic mass is 9.66. The van der Waals surface area contributed by atoms with E-state index < -0.39 is 30.3 Å². The van der Waals surface area contributed by atoms with Gasteiger partial charge in [-0.25, -0.2) is 0 Å². The van der Waals surface area contributed by atoms with Crippen LogP contribution in [0.25, 0.3) is 0 Å². The Hall–Kier alpha value is -1.51. The number of carbonyl (C=O) groups is 1. The highest BCUT2D eigenvalue weighted by Crippen LogP contribution is 2.51. The second-order valence-corrected chi connectivity index (χ2v) is 9.62. The molecule has 3 atom stereocenters. The number of alkyl halides is 3. The molecule has 1 heterocycles. The molecule has 0 saturated heterocycles. The molecule has 166 valence electrons. The van der Waals surface area contributed by atoms with Gasteiger partial charge in [0.1, 0.15) is 5.75 Å². The van der Waals surface area contributed by atoms with Gasteiger partial charge in [-0.1, -0.05) is 44.0 Å². The number of fused-ring (bicyclic) bond motifs is 1. The fourth-order valence-corrected chi connectivity index (χ4v) is 4.51. The van der Waals surface area contributed by atoms with Crippen LogP contribution in [0.3, 0.4) is 0 Å². The van der Waals surface area contributed by atoms with Crippen molar-refractivity contribution in [1.29, 1.82) is 0 Å². The number of carbonyl (C=O) groups excluding carboxylic acids is 1. The van der Waals surface area contributed by atoms with Gasteiger partial charge in [0.2, 0.25) is 0 Å². The lowest BCUT2D eigenvalue weighted by Gasteiger charge is -2.42. The van der Waals surface area contributed by atoms with Crippen LogP contribution in [0.2, 0.25) is 10.0 Å². The summed E-state index contributed by atoms with van der Waals surface area (Å²) in [5.74, 6) is -2.38. The molecule has 1 fully saturated rings. The first-order chi connectivity index (χ1) is 13.7. The number of hydrogen-bond acceptors (Lipinski definition) is 4. The van der Waals surface area contributed by atoms with Crippen LogP contribution in [0.1, 0.15) is 40.0 Å². The van der Waals surface area contributed by atoms with E-state index in [1.807, 2.05) is 20.8 Å².